The molecule has 5 nitrogen and oxygen atoms in total. The SMILES string of the molecule is CCN(CC)CCOCCOC(=O)[C@@H](C)c1ccc(C[C@H]2CCC[C@@H]2O)cc1. The number of carbonyl (C=O) groups excluding carboxylic acids is 1. The van der Waals surface area contributed by atoms with Crippen molar-refractivity contribution in [1.82, 2.24) is 4.90 Å². The first kappa shape index (κ1) is 22.9. The Morgan fingerprint density at radius 3 is 2.46 bits per heavy atom. The van der Waals surface area contributed by atoms with Gasteiger partial charge >= 0.3 is 5.97 Å². The van der Waals surface area contributed by atoms with Gasteiger partial charge in [-0.1, -0.05) is 44.5 Å². The molecule has 3 atom stereocenters. The Morgan fingerprint density at radius 1 is 1.14 bits per heavy atom. The lowest BCUT2D eigenvalue weighted by molar-refractivity contribution is -0.146. The highest BCUT2D eigenvalue weighted by molar-refractivity contribution is 5.77. The molecule has 0 radical (unpaired) electrons. The number of esters is 1. The van der Waals surface area contributed by atoms with E-state index in [1.54, 1.807) is 0 Å². The zero-order chi connectivity index (χ0) is 20.4. The third kappa shape index (κ3) is 7.19. The van der Waals surface area contributed by atoms with Gasteiger partial charge in [-0.25, -0.2) is 0 Å². The number of hydrogen-bond donors (Lipinski definition) is 1. The minimum Gasteiger partial charge on any atom is -0.463 e. The second kappa shape index (κ2) is 12.2. The third-order valence-electron chi connectivity index (χ3n) is 5.87. The van der Waals surface area contributed by atoms with E-state index in [9.17, 15) is 9.90 Å². The Kier molecular flexibility index (Phi) is 9.96. The van der Waals surface area contributed by atoms with Crippen molar-refractivity contribution in [2.75, 3.05) is 39.5 Å². The molecule has 0 aromatic heterocycles. The lowest BCUT2D eigenvalue weighted by atomic mass is 9.94. The highest BCUT2D eigenvalue weighted by atomic mass is 16.6. The van der Waals surface area contributed by atoms with Crippen LogP contribution in [-0.4, -0.2) is 61.5 Å². The Bertz CT molecular complexity index is 570. The molecule has 1 fully saturated rings. The quantitative estimate of drug-likeness (QED) is 0.437. The Morgan fingerprint density at radius 2 is 1.86 bits per heavy atom. The molecule has 1 N–H and O–H groups in total. The average Bonchev–Trinajstić information content (AvgIpc) is 3.12. The summed E-state index contributed by atoms with van der Waals surface area (Å²) in [6, 6.07) is 8.15. The van der Waals surface area contributed by atoms with Crippen LogP contribution >= 0.6 is 0 Å². The third-order valence-corrected chi connectivity index (χ3v) is 5.87. The molecule has 1 aliphatic carbocycles. The highest BCUT2D eigenvalue weighted by Gasteiger charge is 2.25. The van der Waals surface area contributed by atoms with Crippen molar-refractivity contribution in [3.63, 3.8) is 0 Å². The molecule has 158 valence electrons. The molecular formula is C23H37NO4. The molecule has 1 saturated carbocycles. The minimum atomic E-state index is -0.290. The van der Waals surface area contributed by atoms with Crippen molar-refractivity contribution >= 4 is 5.97 Å². The van der Waals surface area contributed by atoms with E-state index in [-0.39, 0.29) is 18.0 Å². The van der Waals surface area contributed by atoms with Gasteiger partial charge in [0.15, 0.2) is 0 Å². The molecule has 0 heterocycles. The Hall–Kier alpha value is -1.43. The second-order valence-corrected chi connectivity index (χ2v) is 7.73. The van der Waals surface area contributed by atoms with Crippen LogP contribution < -0.4 is 0 Å². The molecule has 1 aliphatic rings. The van der Waals surface area contributed by atoms with Crippen molar-refractivity contribution in [3.05, 3.63) is 35.4 Å². The van der Waals surface area contributed by atoms with Gasteiger partial charge in [0, 0.05) is 6.54 Å². The van der Waals surface area contributed by atoms with E-state index < -0.39 is 0 Å². The van der Waals surface area contributed by atoms with Crippen LogP contribution in [0.1, 0.15) is 57.1 Å². The van der Waals surface area contributed by atoms with Gasteiger partial charge in [0.05, 0.1) is 25.2 Å². The second-order valence-electron chi connectivity index (χ2n) is 7.73. The van der Waals surface area contributed by atoms with E-state index >= 15 is 0 Å². The minimum absolute atomic E-state index is 0.164. The maximum absolute atomic E-state index is 12.3. The van der Waals surface area contributed by atoms with E-state index in [4.69, 9.17) is 9.47 Å². The van der Waals surface area contributed by atoms with Crippen LogP contribution in [0.2, 0.25) is 0 Å². The van der Waals surface area contributed by atoms with E-state index in [0.29, 0.717) is 25.7 Å². The normalized spacial score (nSPS) is 20.5. The topological polar surface area (TPSA) is 59.0 Å². The first-order valence-corrected chi connectivity index (χ1v) is 10.8. The number of likely N-dealkylation sites (N-methyl/N-ethyl adjacent to an activating group) is 1. The van der Waals surface area contributed by atoms with Gasteiger partial charge in [0.1, 0.15) is 6.61 Å². The Labute approximate surface area is 170 Å². The van der Waals surface area contributed by atoms with Crippen molar-refractivity contribution in [1.29, 1.82) is 0 Å². The van der Waals surface area contributed by atoms with Gasteiger partial charge in [-0.15, -0.1) is 0 Å². The molecule has 0 unspecified atom stereocenters. The zero-order valence-electron chi connectivity index (χ0n) is 17.7. The van der Waals surface area contributed by atoms with Gasteiger partial charge in [-0.3, -0.25) is 4.79 Å². The van der Waals surface area contributed by atoms with E-state index in [2.05, 4.69) is 30.9 Å². The molecule has 1 aromatic rings. The maximum atomic E-state index is 12.3. The smallest absolute Gasteiger partial charge is 0.313 e. The molecule has 0 bridgehead atoms. The average molecular weight is 392 g/mol. The first-order valence-electron chi connectivity index (χ1n) is 10.8. The highest BCUT2D eigenvalue weighted by Crippen LogP contribution is 2.29. The predicted octanol–water partition coefficient (Wildman–Crippen LogP) is 3.40. The molecule has 28 heavy (non-hydrogen) atoms. The number of carbonyl (C=O) groups is 1. The van der Waals surface area contributed by atoms with E-state index in [1.807, 2.05) is 19.1 Å². The number of rotatable bonds is 12. The predicted molar refractivity (Wildman–Crippen MR) is 111 cm³/mol. The molecule has 0 amide bonds. The van der Waals surface area contributed by atoms with Crippen molar-refractivity contribution in [2.45, 2.75) is 58.5 Å². The first-order chi connectivity index (χ1) is 13.5. The number of aliphatic hydroxyl groups is 1. The summed E-state index contributed by atoms with van der Waals surface area (Å²) in [6.07, 6.45) is 3.88. The van der Waals surface area contributed by atoms with E-state index in [1.165, 1.54) is 5.56 Å². The summed E-state index contributed by atoms with van der Waals surface area (Å²) in [5.41, 5.74) is 2.18. The van der Waals surface area contributed by atoms with Crippen molar-refractivity contribution < 1.29 is 19.4 Å². The molecule has 1 aromatic carbocycles. The fraction of sp³-hybridized carbons (Fsp3) is 0.696. The molecule has 5 heteroatoms. The summed E-state index contributed by atoms with van der Waals surface area (Å²) in [6.45, 7) is 10.5. The fourth-order valence-corrected chi connectivity index (χ4v) is 3.80. The van der Waals surface area contributed by atoms with Crippen LogP contribution in [0, 0.1) is 5.92 Å². The molecular weight excluding hydrogens is 354 g/mol. The number of ether oxygens (including phenoxy) is 2. The maximum Gasteiger partial charge on any atom is 0.313 e. The van der Waals surface area contributed by atoms with Crippen LogP contribution in [-0.2, 0) is 20.7 Å². The van der Waals surface area contributed by atoms with Crippen LogP contribution in [0.5, 0.6) is 0 Å². The lowest BCUT2D eigenvalue weighted by Gasteiger charge is -2.18. The van der Waals surface area contributed by atoms with Crippen molar-refractivity contribution in [3.8, 4) is 0 Å². The fourth-order valence-electron chi connectivity index (χ4n) is 3.80. The standard InChI is InChI=1S/C23H37NO4/c1-4-24(5-2)13-14-27-15-16-28-23(26)18(3)20-11-9-19(10-12-20)17-21-7-6-8-22(21)25/h9-12,18,21-22,25H,4-8,13-17H2,1-3H3/t18-,21+,22-/m0/s1. The van der Waals surface area contributed by atoms with Crippen LogP contribution in [0.3, 0.4) is 0 Å². The van der Waals surface area contributed by atoms with Crippen molar-refractivity contribution in [2.24, 2.45) is 5.92 Å². The van der Waals surface area contributed by atoms with Gasteiger partial charge in [-0.05, 0) is 56.3 Å². The largest absolute Gasteiger partial charge is 0.463 e. The number of nitrogens with zero attached hydrogens (tertiary/aromatic N) is 1. The monoisotopic (exact) mass is 391 g/mol. The molecule has 2 rings (SSSR count). The molecule has 0 aliphatic heterocycles. The summed E-state index contributed by atoms with van der Waals surface area (Å²) in [4.78, 5) is 14.6. The summed E-state index contributed by atoms with van der Waals surface area (Å²) in [7, 11) is 0. The summed E-state index contributed by atoms with van der Waals surface area (Å²) in [5, 5.41) is 9.98. The molecule has 0 saturated heterocycles. The van der Waals surface area contributed by atoms with Crippen LogP contribution in [0.25, 0.3) is 0 Å². The zero-order valence-corrected chi connectivity index (χ0v) is 17.7. The Balaban J connectivity index is 1.68. The summed E-state index contributed by atoms with van der Waals surface area (Å²) < 4.78 is 10.9. The van der Waals surface area contributed by atoms with Gasteiger partial charge in [0.2, 0.25) is 0 Å². The van der Waals surface area contributed by atoms with Gasteiger partial charge < -0.3 is 19.5 Å². The van der Waals surface area contributed by atoms with E-state index in [0.717, 1.165) is 50.9 Å². The number of benzene rings is 1. The lowest BCUT2D eigenvalue weighted by Crippen LogP contribution is -2.27. The summed E-state index contributed by atoms with van der Waals surface area (Å²) >= 11 is 0. The molecule has 0 spiro atoms. The van der Waals surface area contributed by atoms with Crippen LogP contribution in [0.4, 0.5) is 0 Å². The summed E-state index contributed by atoms with van der Waals surface area (Å²) in [5.74, 6) is -0.136. The van der Waals surface area contributed by atoms with Gasteiger partial charge in [0.25, 0.3) is 0 Å². The number of aliphatic hydroxyl groups excluding tert-OH is 1. The van der Waals surface area contributed by atoms with Gasteiger partial charge in [-0.2, -0.15) is 0 Å². The van der Waals surface area contributed by atoms with Crippen LogP contribution in [0.15, 0.2) is 24.3 Å². The number of hydrogen-bond acceptors (Lipinski definition) is 5.